The normalized spacial score (nSPS) is 11.1. The molecule has 5 heteroatoms. The van der Waals surface area contributed by atoms with Gasteiger partial charge >= 0.3 is 0 Å². The maximum Gasteiger partial charge on any atom is 0.104 e. The van der Waals surface area contributed by atoms with Crippen LogP contribution in [-0.2, 0) is 0 Å². The zero-order valence-corrected chi connectivity index (χ0v) is 12.9. The van der Waals surface area contributed by atoms with Crippen LogP contribution in [0.15, 0.2) is 85.5 Å². The molecule has 118 valence electrons. The first-order valence-electron chi connectivity index (χ1n) is 7.69. The summed E-state index contributed by atoms with van der Waals surface area (Å²) in [5.41, 5.74) is 3.62. The lowest BCUT2D eigenvalue weighted by Crippen LogP contribution is -2.02. The van der Waals surface area contributed by atoms with E-state index < -0.39 is 6.10 Å². The smallest absolute Gasteiger partial charge is 0.104 e. The van der Waals surface area contributed by atoms with Gasteiger partial charge in [-0.05, 0) is 47.5 Å². The molecule has 0 bridgehead atoms. The van der Waals surface area contributed by atoms with Crippen molar-refractivity contribution in [2.24, 2.45) is 0 Å². The molecule has 0 unspecified atom stereocenters. The first-order valence-corrected chi connectivity index (χ1v) is 7.69. The molecule has 5 nitrogen and oxygen atoms in total. The predicted octanol–water partition coefficient (Wildman–Crippen LogP) is 3.14. The average Bonchev–Trinajstić information content (AvgIpc) is 3.35. The molecule has 0 aliphatic rings. The number of nitrogens with zero attached hydrogens (tertiary/aromatic N) is 4. The third-order valence-corrected chi connectivity index (χ3v) is 3.96. The summed E-state index contributed by atoms with van der Waals surface area (Å²) >= 11 is 0. The Labute approximate surface area is 139 Å². The molecular formula is C19H16N4O. The molecule has 4 rings (SSSR count). The van der Waals surface area contributed by atoms with Gasteiger partial charge in [-0.15, -0.1) is 0 Å². The fourth-order valence-corrected chi connectivity index (χ4v) is 2.65. The molecule has 0 aliphatic carbocycles. The lowest BCUT2D eigenvalue weighted by molar-refractivity contribution is 0.220. The molecule has 4 aromatic rings. The number of rotatable bonds is 4. The van der Waals surface area contributed by atoms with Gasteiger partial charge in [0.15, 0.2) is 0 Å². The molecule has 1 N–H and O–H groups in total. The second-order valence-corrected chi connectivity index (χ2v) is 5.49. The van der Waals surface area contributed by atoms with Crippen molar-refractivity contribution < 1.29 is 5.11 Å². The van der Waals surface area contributed by atoms with Crippen LogP contribution in [0.4, 0.5) is 0 Å². The van der Waals surface area contributed by atoms with E-state index in [0.29, 0.717) is 0 Å². The van der Waals surface area contributed by atoms with E-state index >= 15 is 0 Å². The standard InChI is InChI=1S/C19H16N4O/c24-19(15-3-7-17(8-4-15)22-13-1-11-20-22)16-5-9-18(10-6-16)23-14-2-12-21-23/h1-14,19,24H. The molecule has 24 heavy (non-hydrogen) atoms. The van der Waals surface area contributed by atoms with Gasteiger partial charge in [0.2, 0.25) is 0 Å². The van der Waals surface area contributed by atoms with E-state index in [-0.39, 0.29) is 0 Å². The zero-order chi connectivity index (χ0) is 16.4. The van der Waals surface area contributed by atoms with Crippen LogP contribution in [0.2, 0.25) is 0 Å². The molecule has 2 aromatic carbocycles. The highest BCUT2D eigenvalue weighted by Gasteiger charge is 2.11. The van der Waals surface area contributed by atoms with Gasteiger partial charge in [-0.3, -0.25) is 0 Å². The second-order valence-electron chi connectivity index (χ2n) is 5.49. The topological polar surface area (TPSA) is 55.9 Å². The summed E-state index contributed by atoms with van der Waals surface area (Å²) in [6.45, 7) is 0. The average molecular weight is 316 g/mol. The molecular weight excluding hydrogens is 300 g/mol. The summed E-state index contributed by atoms with van der Waals surface area (Å²) < 4.78 is 3.57. The van der Waals surface area contributed by atoms with Crippen molar-refractivity contribution >= 4 is 0 Å². The molecule has 2 aromatic heterocycles. The largest absolute Gasteiger partial charge is 0.384 e. The third kappa shape index (κ3) is 2.73. The minimum Gasteiger partial charge on any atom is -0.384 e. The second kappa shape index (κ2) is 6.14. The number of hydrogen-bond acceptors (Lipinski definition) is 3. The first-order chi connectivity index (χ1) is 11.8. The molecule has 0 fully saturated rings. The monoisotopic (exact) mass is 316 g/mol. The highest BCUT2D eigenvalue weighted by atomic mass is 16.3. The van der Waals surface area contributed by atoms with Crippen LogP contribution in [-0.4, -0.2) is 24.7 Å². The van der Waals surface area contributed by atoms with Gasteiger partial charge in [-0.25, -0.2) is 9.36 Å². The van der Waals surface area contributed by atoms with E-state index in [9.17, 15) is 5.11 Å². The Kier molecular flexibility index (Phi) is 3.69. The molecule has 0 aliphatic heterocycles. The fraction of sp³-hybridized carbons (Fsp3) is 0.0526. The van der Waals surface area contributed by atoms with Crippen LogP contribution in [0.3, 0.4) is 0 Å². The SMILES string of the molecule is OC(c1ccc(-n2cccn2)cc1)c1ccc(-n2cccn2)cc1. The minimum absolute atomic E-state index is 0.664. The minimum atomic E-state index is -0.664. The summed E-state index contributed by atoms with van der Waals surface area (Å²) in [7, 11) is 0. The molecule has 2 heterocycles. The van der Waals surface area contributed by atoms with Gasteiger partial charge in [0.1, 0.15) is 6.10 Å². The Hall–Kier alpha value is -3.18. The van der Waals surface area contributed by atoms with Crippen molar-refractivity contribution in [3.8, 4) is 11.4 Å². The highest BCUT2D eigenvalue weighted by Crippen LogP contribution is 2.23. The lowest BCUT2D eigenvalue weighted by Gasteiger charge is -2.13. The van der Waals surface area contributed by atoms with Crippen molar-refractivity contribution in [3.05, 3.63) is 96.6 Å². The Bertz CT molecular complexity index is 817. The Balaban J connectivity index is 1.56. The van der Waals surface area contributed by atoms with Crippen LogP contribution in [0.1, 0.15) is 17.2 Å². The van der Waals surface area contributed by atoms with E-state index in [0.717, 1.165) is 22.5 Å². The summed E-state index contributed by atoms with van der Waals surface area (Å²) in [6, 6.07) is 19.2. The van der Waals surface area contributed by atoms with Crippen LogP contribution in [0.5, 0.6) is 0 Å². The highest BCUT2D eigenvalue weighted by molar-refractivity contribution is 5.40. The molecule has 0 spiro atoms. The van der Waals surface area contributed by atoms with Crippen LogP contribution >= 0.6 is 0 Å². The number of aliphatic hydroxyl groups is 1. The molecule has 0 saturated heterocycles. The first kappa shape index (κ1) is 14.4. The molecule has 0 atom stereocenters. The third-order valence-electron chi connectivity index (χ3n) is 3.96. The predicted molar refractivity (Wildman–Crippen MR) is 91.2 cm³/mol. The summed E-state index contributed by atoms with van der Waals surface area (Å²) in [5.74, 6) is 0. The van der Waals surface area contributed by atoms with Crippen LogP contribution in [0, 0.1) is 0 Å². The van der Waals surface area contributed by atoms with Gasteiger partial charge in [0.25, 0.3) is 0 Å². The van der Waals surface area contributed by atoms with E-state index in [2.05, 4.69) is 10.2 Å². The van der Waals surface area contributed by atoms with Crippen molar-refractivity contribution in [2.45, 2.75) is 6.10 Å². The number of aromatic nitrogens is 4. The lowest BCUT2D eigenvalue weighted by atomic mass is 10.0. The van der Waals surface area contributed by atoms with E-state index in [1.165, 1.54) is 0 Å². The van der Waals surface area contributed by atoms with Crippen molar-refractivity contribution in [1.29, 1.82) is 0 Å². The molecule has 0 radical (unpaired) electrons. The maximum absolute atomic E-state index is 10.6. The Morgan fingerprint density at radius 1 is 0.667 bits per heavy atom. The fourth-order valence-electron chi connectivity index (χ4n) is 2.65. The maximum atomic E-state index is 10.6. The number of benzene rings is 2. The summed E-state index contributed by atoms with van der Waals surface area (Å²) in [6.07, 6.45) is 6.59. The molecule has 0 amide bonds. The quantitative estimate of drug-likeness (QED) is 0.629. The summed E-state index contributed by atoms with van der Waals surface area (Å²) in [4.78, 5) is 0. The van der Waals surface area contributed by atoms with Crippen molar-refractivity contribution in [3.63, 3.8) is 0 Å². The van der Waals surface area contributed by atoms with E-state index in [4.69, 9.17) is 0 Å². The van der Waals surface area contributed by atoms with Crippen LogP contribution < -0.4 is 0 Å². The van der Waals surface area contributed by atoms with Gasteiger partial charge in [0.05, 0.1) is 11.4 Å². The Morgan fingerprint density at radius 2 is 1.08 bits per heavy atom. The van der Waals surface area contributed by atoms with Gasteiger partial charge in [0, 0.05) is 24.8 Å². The van der Waals surface area contributed by atoms with Crippen molar-refractivity contribution in [1.82, 2.24) is 19.6 Å². The number of hydrogen-bond donors (Lipinski definition) is 1. The van der Waals surface area contributed by atoms with Gasteiger partial charge in [-0.1, -0.05) is 24.3 Å². The van der Waals surface area contributed by atoms with Gasteiger partial charge in [-0.2, -0.15) is 10.2 Å². The van der Waals surface area contributed by atoms with Gasteiger partial charge < -0.3 is 5.11 Å². The summed E-state index contributed by atoms with van der Waals surface area (Å²) in [5, 5.41) is 19.0. The van der Waals surface area contributed by atoms with Crippen LogP contribution in [0.25, 0.3) is 11.4 Å². The van der Waals surface area contributed by atoms with E-state index in [1.54, 1.807) is 21.8 Å². The van der Waals surface area contributed by atoms with E-state index in [1.807, 2.05) is 73.1 Å². The Morgan fingerprint density at radius 3 is 1.42 bits per heavy atom. The number of aliphatic hydroxyl groups excluding tert-OH is 1. The zero-order valence-electron chi connectivity index (χ0n) is 12.9. The van der Waals surface area contributed by atoms with Crippen molar-refractivity contribution in [2.75, 3.05) is 0 Å². The molecule has 0 saturated carbocycles.